The second-order valence-electron chi connectivity index (χ2n) is 5.49. The van der Waals surface area contributed by atoms with Crippen molar-refractivity contribution in [2.24, 2.45) is 0 Å². The van der Waals surface area contributed by atoms with E-state index in [1.807, 2.05) is 43.3 Å². The van der Waals surface area contributed by atoms with E-state index in [1.54, 1.807) is 31.2 Å². The maximum atomic E-state index is 12.7. The third-order valence-corrected chi connectivity index (χ3v) is 4.02. The molecule has 0 N–H and O–H groups in total. The average molecular weight is 348 g/mol. The number of likely N-dealkylation sites (N-methyl/N-ethyl adjacent to an activating group) is 1. The lowest BCUT2D eigenvalue weighted by Gasteiger charge is -2.24. The maximum Gasteiger partial charge on any atom is 0.263 e. The molecule has 0 unspecified atom stereocenters. The Morgan fingerprint density at radius 1 is 1.17 bits per heavy atom. The van der Waals surface area contributed by atoms with E-state index >= 15 is 0 Å². The summed E-state index contributed by atoms with van der Waals surface area (Å²) in [7, 11) is 3.40. The number of benzene rings is 2. The molecule has 2 rings (SSSR count). The van der Waals surface area contributed by atoms with Gasteiger partial charge in [-0.15, -0.1) is 0 Å². The van der Waals surface area contributed by atoms with E-state index in [9.17, 15) is 4.79 Å². The van der Waals surface area contributed by atoms with Crippen molar-refractivity contribution in [3.8, 4) is 11.5 Å². The summed E-state index contributed by atoms with van der Waals surface area (Å²) in [5, 5.41) is 0.501. The fourth-order valence-electron chi connectivity index (χ4n) is 2.33. The summed E-state index contributed by atoms with van der Waals surface area (Å²) in [4.78, 5) is 14.3. The molecule has 24 heavy (non-hydrogen) atoms. The molecule has 2 aromatic carbocycles. The second kappa shape index (κ2) is 8.60. The first-order valence-corrected chi connectivity index (χ1v) is 8.22. The fraction of sp³-hybridized carbons (Fsp3) is 0.316. The van der Waals surface area contributed by atoms with Gasteiger partial charge in [-0.1, -0.05) is 42.8 Å². The summed E-state index contributed by atoms with van der Waals surface area (Å²) < 4.78 is 11.0. The predicted octanol–water partition coefficient (Wildman–Crippen LogP) is 4.16. The number of rotatable bonds is 7. The normalized spacial score (nSPS) is 11.7. The molecule has 0 spiro atoms. The van der Waals surface area contributed by atoms with Crippen LogP contribution in [0.3, 0.4) is 0 Å². The first-order chi connectivity index (χ1) is 11.5. The Morgan fingerprint density at radius 2 is 1.83 bits per heavy atom. The van der Waals surface area contributed by atoms with Crippen LogP contribution in [-0.2, 0) is 11.3 Å². The van der Waals surface area contributed by atoms with E-state index in [4.69, 9.17) is 21.1 Å². The molecule has 0 radical (unpaired) electrons. The van der Waals surface area contributed by atoms with Crippen LogP contribution in [0.1, 0.15) is 18.9 Å². The second-order valence-corrected chi connectivity index (χ2v) is 5.89. The Kier molecular flexibility index (Phi) is 6.50. The molecule has 0 aliphatic heterocycles. The molecule has 0 bridgehead atoms. The third-order valence-electron chi connectivity index (χ3n) is 3.71. The van der Waals surface area contributed by atoms with Crippen LogP contribution in [-0.4, -0.2) is 31.1 Å². The van der Waals surface area contributed by atoms with E-state index < -0.39 is 6.10 Å². The number of amides is 1. The van der Waals surface area contributed by atoms with Gasteiger partial charge in [0.25, 0.3) is 5.91 Å². The molecule has 0 saturated carbocycles. The minimum atomic E-state index is -0.562. The Balaban J connectivity index is 2.02. The number of para-hydroxylation sites is 1. The van der Waals surface area contributed by atoms with Crippen molar-refractivity contribution < 1.29 is 14.3 Å². The molecule has 1 atom stereocenters. The van der Waals surface area contributed by atoms with Crippen LogP contribution >= 0.6 is 11.6 Å². The molecule has 4 nitrogen and oxygen atoms in total. The molecule has 128 valence electrons. The summed E-state index contributed by atoms with van der Waals surface area (Å²) in [6.45, 7) is 2.42. The number of ether oxygens (including phenoxy) is 2. The van der Waals surface area contributed by atoms with E-state index in [0.29, 0.717) is 23.7 Å². The topological polar surface area (TPSA) is 38.8 Å². The number of hydrogen-bond acceptors (Lipinski definition) is 3. The van der Waals surface area contributed by atoms with Crippen LogP contribution in [0.2, 0.25) is 5.02 Å². The number of halogens is 1. The molecular formula is C19H22ClNO3. The summed E-state index contributed by atoms with van der Waals surface area (Å²) in [5.41, 5.74) is 1.03. The lowest BCUT2D eigenvalue weighted by Crippen LogP contribution is -2.39. The van der Waals surface area contributed by atoms with Gasteiger partial charge in [0.2, 0.25) is 0 Å². The highest BCUT2D eigenvalue weighted by Gasteiger charge is 2.23. The lowest BCUT2D eigenvalue weighted by molar-refractivity contribution is -0.138. The highest BCUT2D eigenvalue weighted by molar-refractivity contribution is 6.32. The van der Waals surface area contributed by atoms with Crippen LogP contribution < -0.4 is 9.47 Å². The summed E-state index contributed by atoms with van der Waals surface area (Å²) in [5.74, 6) is 1.24. The van der Waals surface area contributed by atoms with Crippen molar-refractivity contribution in [1.29, 1.82) is 0 Å². The third kappa shape index (κ3) is 4.65. The largest absolute Gasteiger partial charge is 0.497 e. The zero-order valence-electron chi connectivity index (χ0n) is 14.2. The Bertz CT molecular complexity index is 673. The fourth-order valence-corrected chi connectivity index (χ4v) is 2.51. The lowest BCUT2D eigenvalue weighted by atomic mass is 10.2. The molecule has 0 aliphatic carbocycles. The number of hydrogen-bond donors (Lipinski definition) is 0. The van der Waals surface area contributed by atoms with Crippen molar-refractivity contribution >= 4 is 17.5 Å². The van der Waals surface area contributed by atoms with Crippen molar-refractivity contribution in [3.05, 3.63) is 59.1 Å². The number of carbonyl (C=O) groups is 1. The van der Waals surface area contributed by atoms with Crippen molar-refractivity contribution in [2.45, 2.75) is 26.0 Å². The Labute approximate surface area is 147 Å². The van der Waals surface area contributed by atoms with Gasteiger partial charge < -0.3 is 14.4 Å². The van der Waals surface area contributed by atoms with Gasteiger partial charge in [-0.3, -0.25) is 4.79 Å². The van der Waals surface area contributed by atoms with Crippen LogP contribution in [0.25, 0.3) is 0 Å². The van der Waals surface area contributed by atoms with Gasteiger partial charge in [0.05, 0.1) is 12.1 Å². The highest BCUT2D eigenvalue weighted by Crippen LogP contribution is 2.25. The molecule has 0 aromatic heterocycles. The van der Waals surface area contributed by atoms with Gasteiger partial charge in [0, 0.05) is 13.6 Å². The van der Waals surface area contributed by atoms with E-state index in [0.717, 1.165) is 11.3 Å². The van der Waals surface area contributed by atoms with Crippen LogP contribution in [0.4, 0.5) is 0 Å². The molecule has 0 fully saturated rings. The van der Waals surface area contributed by atoms with Gasteiger partial charge in [-0.05, 0) is 36.2 Å². The highest BCUT2D eigenvalue weighted by atomic mass is 35.5. The zero-order valence-corrected chi connectivity index (χ0v) is 14.9. The van der Waals surface area contributed by atoms with Crippen LogP contribution in [0.5, 0.6) is 11.5 Å². The molecule has 5 heteroatoms. The minimum absolute atomic E-state index is 0.0757. The molecule has 0 heterocycles. The Hall–Kier alpha value is -2.20. The minimum Gasteiger partial charge on any atom is -0.497 e. The first-order valence-electron chi connectivity index (χ1n) is 7.84. The average Bonchev–Trinajstić information content (AvgIpc) is 2.61. The van der Waals surface area contributed by atoms with Crippen LogP contribution in [0, 0.1) is 0 Å². The molecule has 1 amide bonds. The monoisotopic (exact) mass is 347 g/mol. The van der Waals surface area contributed by atoms with Gasteiger partial charge in [-0.2, -0.15) is 0 Å². The molecular weight excluding hydrogens is 326 g/mol. The van der Waals surface area contributed by atoms with Crippen molar-refractivity contribution in [2.75, 3.05) is 14.2 Å². The van der Waals surface area contributed by atoms with Gasteiger partial charge in [-0.25, -0.2) is 0 Å². The van der Waals surface area contributed by atoms with Gasteiger partial charge >= 0.3 is 0 Å². The van der Waals surface area contributed by atoms with Crippen molar-refractivity contribution in [1.82, 2.24) is 4.90 Å². The molecule has 0 aliphatic rings. The predicted molar refractivity (Wildman–Crippen MR) is 95.6 cm³/mol. The first kappa shape index (κ1) is 18.1. The standard InChI is InChI=1S/C19H22ClNO3/c1-4-17(24-18-8-6-5-7-16(18)20)19(22)21(2)13-14-9-11-15(23-3)12-10-14/h5-12,17H,4,13H2,1-3H3/t17-/m1/s1. The summed E-state index contributed by atoms with van der Waals surface area (Å²) >= 11 is 6.11. The smallest absolute Gasteiger partial charge is 0.263 e. The van der Waals surface area contributed by atoms with E-state index in [1.165, 1.54) is 0 Å². The Morgan fingerprint density at radius 3 is 2.42 bits per heavy atom. The SMILES string of the molecule is CC[C@@H](Oc1ccccc1Cl)C(=O)N(C)Cc1ccc(OC)cc1. The van der Waals surface area contributed by atoms with Crippen molar-refractivity contribution in [3.63, 3.8) is 0 Å². The quantitative estimate of drug-likeness (QED) is 0.754. The number of nitrogens with zero attached hydrogens (tertiary/aromatic N) is 1. The van der Waals surface area contributed by atoms with E-state index in [2.05, 4.69) is 0 Å². The molecule has 0 saturated heterocycles. The number of carbonyl (C=O) groups excluding carboxylic acids is 1. The summed E-state index contributed by atoms with van der Waals surface area (Å²) in [6, 6.07) is 14.8. The van der Waals surface area contributed by atoms with E-state index in [-0.39, 0.29) is 5.91 Å². The van der Waals surface area contributed by atoms with Gasteiger partial charge in [0.1, 0.15) is 11.5 Å². The van der Waals surface area contributed by atoms with Crippen LogP contribution in [0.15, 0.2) is 48.5 Å². The molecule has 2 aromatic rings. The maximum absolute atomic E-state index is 12.7. The summed E-state index contributed by atoms with van der Waals surface area (Å²) in [6.07, 6.45) is 0.00458. The van der Waals surface area contributed by atoms with Gasteiger partial charge in [0.15, 0.2) is 6.10 Å². The number of methoxy groups -OCH3 is 1. The zero-order chi connectivity index (χ0) is 17.5.